The van der Waals surface area contributed by atoms with Crippen LogP contribution in [0, 0.1) is 11.8 Å². The maximum Gasteiger partial charge on any atom is 0.271 e. The highest BCUT2D eigenvalue weighted by molar-refractivity contribution is 5.91. The third-order valence-corrected chi connectivity index (χ3v) is 4.12. The lowest BCUT2D eigenvalue weighted by atomic mass is 9.81. The molecule has 2 rings (SSSR count). The van der Waals surface area contributed by atoms with E-state index in [9.17, 15) is 4.79 Å². The second-order valence-electron chi connectivity index (χ2n) is 5.72. The van der Waals surface area contributed by atoms with Crippen molar-refractivity contribution in [1.29, 1.82) is 0 Å². The smallest absolute Gasteiger partial charge is 0.271 e. The van der Waals surface area contributed by atoms with Crippen LogP contribution in [0.5, 0.6) is 0 Å². The average molecular weight is 276 g/mol. The number of carbonyl (C=O) groups is 1. The molecule has 1 aliphatic carbocycles. The molecule has 1 aliphatic rings. The molecule has 1 aromatic rings. The minimum Gasteiger partial charge on any atom is -0.369 e. The summed E-state index contributed by atoms with van der Waals surface area (Å²) < 4.78 is 0. The summed E-state index contributed by atoms with van der Waals surface area (Å²) in [4.78, 5) is 11.3. The first kappa shape index (κ1) is 14.8. The van der Waals surface area contributed by atoms with Crippen molar-refractivity contribution < 1.29 is 4.79 Å². The van der Waals surface area contributed by atoms with E-state index in [2.05, 4.69) is 27.8 Å². The Balaban J connectivity index is 1.73. The lowest BCUT2D eigenvalue weighted by Gasteiger charge is -2.26. The van der Waals surface area contributed by atoms with Crippen molar-refractivity contribution in [3.05, 3.63) is 17.8 Å². The number of rotatable bonds is 5. The Morgan fingerprint density at radius 1 is 1.25 bits per heavy atom. The van der Waals surface area contributed by atoms with E-state index in [-0.39, 0.29) is 5.91 Å². The molecular weight excluding hydrogens is 252 g/mol. The highest BCUT2D eigenvalue weighted by atomic mass is 16.1. The van der Waals surface area contributed by atoms with Crippen molar-refractivity contribution in [2.75, 3.05) is 18.9 Å². The van der Waals surface area contributed by atoms with Crippen LogP contribution in [0.3, 0.4) is 0 Å². The molecule has 0 atom stereocenters. The number of hydrogen-bond acceptors (Lipinski definition) is 4. The number of nitrogens with zero attached hydrogens (tertiary/aromatic N) is 2. The van der Waals surface area contributed by atoms with Gasteiger partial charge in [-0.05, 0) is 30.4 Å². The Morgan fingerprint density at radius 2 is 2.00 bits per heavy atom. The predicted molar refractivity (Wildman–Crippen MR) is 79.7 cm³/mol. The number of carbonyl (C=O) groups excluding carboxylic acids is 1. The molecule has 5 nitrogen and oxygen atoms in total. The third kappa shape index (κ3) is 4.18. The summed E-state index contributed by atoms with van der Waals surface area (Å²) in [7, 11) is 1.58. The Labute approximate surface area is 120 Å². The molecule has 1 aromatic heterocycles. The molecule has 1 amide bonds. The Hall–Kier alpha value is -1.65. The maximum atomic E-state index is 11.3. The monoisotopic (exact) mass is 276 g/mol. The topological polar surface area (TPSA) is 66.9 Å². The molecule has 20 heavy (non-hydrogen) atoms. The molecule has 0 saturated heterocycles. The first-order valence-electron chi connectivity index (χ1n) is 7.48. The van der Waals surface area contributed by atoms with Crippen LogP contribution in [0.2, 0.25) is 0 Å². The van der Waals surface area contributed by atoms with Crippen LogP contribution in [0.4, 0.5) is 5.82 Å². The molecule has 110 valence electrons. The van der Waals surface area contributed by atoms with Gasteiger partial charge in [-0.15, -0.1) is 10.2 Å². The summed E-state index contributed by atoms with van der Waals surface area (Å²) in [6.07, 6.45) is 6.62. The molecule has 0 unspecified atom stereocenters. The Bertz CT molecular complexity index is 424. The summed E-state index contributed by atoms with van der Waals surface area (Å²) in [6.45, 7) is 3.27. The van der Waals surface area contributed by atoms with Gasteiger partial charge in [0.05, 0.1) is 0 Å². The number of aromatic nitrogens is 2. The van der Waals surface area contributed by atoms with Crippen molar-refractivity contribution >= 4 is 11.7 Å². The SMILES string of the molecule is CNC(=O)c1ccc(NCCC2CCC(C)CC2)nn1. The van der Waals surface area contributed by atoms with E-state index in [0.717, 1.165) is 24.2 Å². The second kappa shape index (κ2) is 7.22. The van der Waals surface area contributed by atoms with Crippen molar-refractivity contribution in [2.24, 2.45) is 11.8 Å². The van der Waals surface area contributed by atoms with Gasteiger partial charge < -0.3 is 10.6 Å². The molecule has 0 bridgehead atoms. The third-order valence-electron chi connectivity index (χ3n) is 4.12. The fourth-order valence-corrected chi connectivity index (χ4v) is 2.70. The number of anilines is 1. The van der Waals surface area contributed by atoms with E-state index < -0.39 is 0 Å². The van der Waals surface area contributed by atoms with E-state index >= 15 is 0 Å². The number of nitrogens with one attached hydrogen (secondary N) is 2. The van der Waals surface area contributed by atoms with Crippen LogP contribution in [0.25, 0.3) is 0 Å². The van der Waals surface area contributed by atoms with E-state index in [1.54, 1.807) is 19.2 Å². The summed E-state index contributed by atoms with van der Waals surface area (Å²) in [5, 5.41) is 13.7. The molecule has 0 radical (unpaired) electrons. The standard InChI is InChI=1S/C15H24N4O/c1-11-3-5-12(6-4-11)9-10-17-14-8-7-13(18-19-14)15(20)16-2/h7-8,11-12H,3-6,9-10H2,1-2H3,(H,16,20)(H,17,19). The van der Waals surface area contributed by atoms with Gasteiger partial charge in [-0.3, -0.25) is 4.79 Å². The first-order chi connectivity index (χ1) is 9.69. The summed E-state index contributed by atoms with van der Waals surface area (Å²) in [6, 6.07) is 3.50. The Morgan fingerprint density at radius 3 is 2.60 bits per heavy atom. The van der Waals surface area contributed by atoms with Gasteiger partial charge in [0.25, 0.3) is 5.91 Å². The fourth-order valence-electron chi connectivity index (χ4n) is 2.70. The van der Waals surface area contributed by atoms with Crippen molar-refractivity contribution in [1.82, 2.24) is 15.5 Å². The lowest BCUT2D eigenvalue weighted by molar-refractivity contribution is 0.0957. The fraction of sp³-hybridized carbons (Fsp3) is 0.667. The first-order valence-corrected chi connectivity index (χ1v) is 7.48. The zero-order chi connectivity index (χ0) is 14.4. The zero-order valence-corrected chi connectivity index (χ0v) is 12.4. The van der Waals surface area contributed by atoms with Gasteiger partial charge in [0.15, 0.2) is 5.69 Å². The van der Waals surface area contributed by atoms with E-state index in [0.29, 0.717) is 5.69 Å². The maximum absolute atomic E-state index is 11.3. The summed E-state index contributed by atoms with van der Waals surface area (Å²) >= 11 is 0. The molecule has 1 saturated carbocycles. The van der Waals surface area contributed by atoms with Gasteiger partial charge in [0, 0.05) is 13.6 Å². The molecule has 1 fully saturated rings. The molecule has 1 heterocycles. The average Bonchev–Trinajstić information content (AvgIpc) is 2.49. The van der Waals surface area contributed by atoms with Crippen molar-refractivity contribution in [3.8, 4) is 0 Å². The van der Waals surface area contributed by atoms with Crippen LogP contribution >= 0.6 is 0 Å². The lowest BCUT2D eigenvalue weighted by Crippen LogP contribution is -2.20. The minimum atomic E-state index is -0.208. The molecule has 0 aliphatic heterocycles. The zero-order valence-electron chi connectivity index (χ0n) is 12.4. The van der Waals surface area contributed by atoms with Crippen LogP contribution in [0.1, 0.15) is 49.5 Å². The van der Waals surface area contributed by atoms with Crippen LogP contribution < -0.4 is 10.6 Å². The molecule has 0 spiro atoms. The molecule has 0 aromatic carbocycles. The van der Waals surface area contributed by atoms with E-state index in [1.807, 2.05) is 0 Å². The van der Waals surface area contributed by atoms with Crippen LogP contribution in [-0.4, -0.2) is 29.7 Å². The summed E-state index contributed by atoms with van der Waals surface area (Å²) in [5.41, 5.74) is 0.347. The van der Waals surface area contributed by atoms with E-state index in [4.69, 9.17) is 0 Å². The molecule has 2 N–H and O–H groups in total. The van der Waals surface area contributed by atoms with Gasteiger partial charge in [0.1, 0.15) is 5.82 Å². The highest BCUT2D eigenvalue weighted by Gasteiger charge is 2.17. The van der Waals surface area contributed by atoms with E-state index in [1.165, 1.54) is 32.1 Å². The van der Waals surface area contributed by atoms with Gasteiger partial charge in [0.2, 0.25) is 0 Å². The largest absolute Gasteiger partial charge is 0.369 e. The number of amides is 1. The highest BCUT2D eigenvalue weighted by Crippen LogP contribution is 2.30. The van der Waals surface area contributed by atoms with Crippen LogP contribution in [-0.2, 0) is 0 Å². The van der Waals surface area contributed by atoms with Gasteiger partial charge >= 0.3 is 0 Å². The normalized spacial score (nSPS) is 22.3. The summed E-state index contributed by atoms with van der Waals surface area (Å²) in [5.74, 6) is 2.28. The van der Waals surface area contributed by atoms with Crippen molar-refractivity contribution in [3.63, 3.8) is 0 Å². The number of hydrogen-bond donors (Lipinski definition) is 2. The van der Waals surface area contributed by atoms with Gasteiger partial charge in [-0.2, -0.15) is 0 Å². The molecular formula is C15H24N4O. The van der Waals surface area contributed by atoms with Crippen LogP contribution in [0.15, 0.2) is 12.1 Å². The minimum absolute atomic E-state index is 0.208. The molecule has 5 heteroatoms. The second-order valence-corrected chi connectivity index (χ2v) is 5.72. The van der Waals surface area contributed by atoms with Gasteiger partial charge in [-0.25, -0.2) is 0 Å². The van der Waals surface area contributed by atoms with Crippen molar-refractivity contribution in [2.45, 2.75) is 39.0 Å². The Kier molecular flexibility index (Phi) is 5.32. The predicted octanol–water partition coefficient (Wildman–Crippen LogP) is 2.46. The van der Waals surface area contributed by atoms with Gasteiger partial charge in [-0.1, -0.05) is 32.6 Å². The quantitative estimate of drug-likeness (QED) is 0.867.